The van der Waals surface area contributed by atoms with Crippen LogP contribution in [0.1, 0.15) is 30.3 Å². The molecule has 4 rings (SSSR count). The number of rotatable bonds is 7. The summed E-state index contributed by atoms with van der Waals surface area (Å²) in [7, 11) is 0. The van der Waals surface area contributed by atoms with Gasteiger partial charge >= 0.3 is 0 Å². The van der Waals surface area contributed by atoms with E-state index in [9.17, 15) is 4.79 Å². The third kappa shape index (κ3) is 4.69. The van der Waals surface area contributed by atoms with Crippen molar-refractivity contribution >= 4 is 12.0 Å². The van der Waals surface area contributed by atoms with Gasteiger partial charge in [-0.05, 0) is 31.1 Å². The van der Waals surface area contributed by atoms with Crippen LogP contribution in [0.2, 0.25) is 0 Å². The van der Waals surface area contributed by atoms with Gasteiger partial charge in [0, 0.05) is 52.2 Å². The second kappa shape index (κ2) is 9.16. The Kier molecular flexibility index (Phi) is 6.18. The number of ether oxygens (including phenoxy) is 1. The molecule has 0 aliphatic carbocycles. The Bertz CT molecular complexity index is 793. The van der Waals surface area contributed by atoms with E-state index >= 15 is 0 Å². The lowest BCUT2D eigenvalue weighted by molar-refractivity contribution is -0.130. The summed E-state index contributed by atoms with van der Waals surface area (Å²) in [6.07, 6.45) is 8.88. The molecule has 0 unspecified atom stereocenters. The van der Waals surface area contributed by atoms with Gasteiger partial charge in [-0.15, -0.1) is 10.2 Å². The van der Waals surface area contributed by atoms with Gasteiger partial charge in [0.2, 0.25) is 5.91 Å². The topological polar surface area (TPSA) is 85.4 Å². The van der Waals surface area contributed by atoms with Crippen LogP contribution in [0.25, 0.3) is 6.08 Å². The molecule has 8 heteroatoms. The molecule has 2 aliphatic heterocycles. The van der Waals surface area contributed by atoms with E-state index in [0.717, 1.165) is 62.9 Å². The van der Waals surface area contributed by atoms with Crippen LogP contribution < -0.4 is 5.32 Å². The zero-order chi connectivity index (χ0) is 19.2. The predicted octanol–water partition coefficient (Wildman–Crippen LogP) is 1.28. The molecule has 1 N–H and O–H groups in total. The largest absolute Gasteiger partial charge is 0.465 e. The lowest BCUT2D eigenvalue weighted by atomic mass is 10.2. The zero-order valence-electron chi connectivity index (χ0n) is 16.0. The fourth-order valence-electron chi connectivity index (χ4n) is 3.69. The van der Waals surface area contributed by atoms with E-state index in [1.165, 1.54) is 0 Å². The molecule has 1 atom stereocenters. The predicted molar refractivity (Wildman–Crippen MR) is 104 cm³/mol. The SMILES string of the molecule is O=C(NCCc1nnc2n1CCN(C/C=C/c1ccco1)CC2)[C@@H]1CCCO1. The quantitative estimate of drug-likeness (QED) is 0.773. The molecule has 1 amide bonds. The van der Waals surface area contributed by atoms with E-state index in [0.29, 0.717) is 19.6 Å². The van der Waals surface area contributed by atoms with Crippen LogP contribution in [0.4, 0.5) is 0 Å². The van der Waals surface area contributed by atoms with Crippen molar-refractivity contribution in [2.75, 3.05) is 32.8 Å². The summed E-state index contributed by atoms with van der Waals surface area (Å²) in [6.45, 7) is 4.90. The fraction of sp³-hybridized carbons (Fsp3) is 0.550. The minimum atomic E-state index is -0.279. The molecule has 8 nitrogen and oxygen atoms in total. The summed E-state index contributed by atoms with van der Waals surface area (Å²) in [6, 6.07) is 3.84. The molecule has 0 saturated carbocycles. The Balaban J connectivity index is 1.25. The Morgan fingerprint density at radius 2 is 2.29 bits per heavy atom. The van der Waals surface area contributed by atoms with Crippen LogP contribution in [0.3, 0.4) is 0 Å². The monoisotopic (exact) mass is 385 g/mol. The second-order valence-electron chi connectivity index (χ2n) is 7.20. The van der Waals surface area contributed by atoms with Gasteiger partial charge in [-0.3, -0.25) is 9.69 Å². The highest BCUT2D eigenvalue weighted by atomic mass is 16.5. The standard InChI is InChI=1S/C20H27N5O3/c26-20(17-6-3-15-28-17)21-9-7-18-22-23-19-8-11-24(12-13-25(18)19)10-1-4-16-5-2-14-27-16/h1-2,4-5,14,17H,3,6-13,15H2,(H,21,26)/b4-1+/t17-/m0/s1. The zero-order valence-corrected chi connectivity index (χ0v) is 16.0. The molecule has 0 spiro atoms. The second-order valence-corrected chi connectivity index (χ2v) is 7.20. The first-order valence-electron chi connectivity index (χ1n) is 10.0. The minimum Gasteiger partial charge on any atom is -0.465 e. The van der Waals surface area contributed by atoms with Gasteiger partial charge in [-0.1, -0.05) is 6.08 Å². The van der Waals surface area contributed by atoms with Crippen LogP contribution in [0.5, 0.6) is 0 Å². The summed E-state index contributed by atoms with van der Waals surface area (Å²) in [5, 5.41) is 11.7. The van der Waals surface area contributed by atoms with Gasteiger partial charge in [0.15, 0.2) is 0 Å². The van der Waals surface area contributed by atoms with Gasteiger partial charge in [0.1, 0.15) is 23.5 Å². The lowest BCUT2D eigenvalue weighted by Gasteiger charge is -2.17. The van der Waals surface area contributed by atoms with Crippen molar-refractivity contribution in [2.45, 2.75) is 38.3 Å². The van der Waals surface area contributed by atoms with E-state index in [1.54, 1.807) is 6.26 Å². The Labute approximate surface area is 164 Å². The molecule has 150 valence electrons. The van der Waals surface area contributed by atoms with Crippen LogP contribution in [0.15, 0.2) is 28.9 Å². The highest BCUT2D eigenvalue weighted by molar-refractivity contribution is 5.80. The molecule has 0 bridgehead atoms. The minimum absolute atomic E-state index is 0.0115. The number of amides is 1. The molecule has 28 heavy (non-hydrogen) atoms. The molecule has 1 saturated heterocycles. The van der Waals surface area contributed by atoms with Gasteiger partial charge in [0.25, 0.3) is 0 Å². The summed E-state index contributed by atoms with van der Waals surface area (Å²) >= 11 is 0. The van der Waals surface area contributed by atoms with Crippen molar-refractivity contribution in [3.05, 3.63) is 41.9 Å². The third-order valence-electron chi connectivity index (χ3n) is 5.25. The Morgan fingerprint density at radius 3 is 3.11 bits per heavy atom. The van der Waals surface area contributed by atoms with E-state index < -0.39 is 0 Å². The van der Waals surface area contributed by atoms with Crippen LogP contribution >= 0.6 is 0 Å². The molecule has 2 aromatic heterocycles. The summed E-state index contributed by atoms with van der Waals surface area (Å²) in [5.41, 5.74) is 0. The fourth-order valence-corrected chi connectivity index (χ4v) is 3.69. The molecule has 0 radical (unpaired) electrons. The normalized spacial score (nSPS) is 20.4. The van der Waals surface area contributed by atoms with Gasteiger partial charge < -0.3 is 19.0 Å². The molecule has 0 aromatic carbocycles. The summed E-state index contributed by atoms with van der Waals surface area (Å²) < 4.78 is 12.9. The number of carbonyl (C=O) groups excluding carboxylic acids is 1. The number of furan rings is 1. The maximum absolute atomic E-state index is 12.0. The molecule has 2 aromatic rings. The molecular formula is C20H27N5O3. The number of nitrogens with zero attached hydrogens (tertiary/aromatic N) is 4. The molecule has 4 heterocycles. The van der Waals surface area contributed by atoms with E-state index in [1.807, 2.05) is 18.2 Å². The highest BCUT2D eigenvalue weighted by Crippen LogP contribution is 2.13. The number of hydrogen-bond donors (Lipinski definition) is 1. The lowest BCUT2D eigenvalue weighted by Crippen LogP contribution is -2.35. The van der Waals surface area contributed by atoms with Crippen molar-refractivity contribution in [1.29, 1.82) is 0 Å². The first-order valence-corrected chi connectivity index (χ1v) is 10.0. The van der Waals surface area contributed by atoms with E-state index in [2.05, 4.69) is 31.1 Å². The van der Waals surface area contributed by atoms with E-state index in [-0.39, 0.29) is 12.0 Å². The van der Waals surface area contributed by atoms with Gasteiger partial charge in [0.05, 0.1) is 6.26 Å². The number of aromatic nitrogens is 3. The van der Waals surface area contributed by atoms with Crippen molar-refractivity contribution < 1.29 is 13.9 Å². The summed E-state index contributed by atoms with van der Waals surface area (Å²) in [4.78, 5) is 14.4. The maximum atomic E-state index is 12.0. The van der Waals surface area contributed by atoms with Crippen molar-refractivity contribution in [3.63, 3.8) is 0 Å². The number of fused-ring (bicyclic) bond motifs is 1. The van der Waals surface area contributed by atoms with E-state index in [4.69, 9.17) is 9.15 Å². The van der Waals surface area contributed by atoms with Crippen molar-refractivity contribution in [1.82, 2.24) is 25.0 Å². The van der Waals surface area contributed by atoms with Crippen LogP contribution in [-0.4, -0.2) is 64.5 Å². The average Bonchev–Trinajstić information content (AvgIpc) is 3.44. The molecule has 2 aliphatic rings. The van der Waals surface area contributed by atoms with Crippen LogP contribution in [-0.2, 0) is 28.9 Å². The van der Waals surface area contributed by atoms with Gasteiger partial charge in [-0.2, -0.15) is 0 Å². The first-order chi connectivity index (χ1) is 13.8. The summed E-state index contributed by atoms with van der Waals surface area (Å²) in [5.74, 6) is 2.83. The highest BCUT2D eigenvalue weighted by Gasteiger charge is 2.23. The smallest absolute Gasteiger partial charge is 0.249 e. The first kappa shape index (κ1) is 18.9. The number of nitrogens with one attached hydrogen (secondary N) is 1. The third-order valence-corrected chi connectivity index (χ3v) is 5.25. The maximum Gasteiger partial charge on any atom is 0.249 e. The Morgan fingerprint density at radius 1 is 1.32 bits per heavy atom. The van der Waals surface area contributed by atoms with Crippen molar-refractivity contribution in [2.24, 2.45) is 0 Å². The molecular weight excluding hydrogens is 358 g/mol. The van der Waals surface area contributed by atoms with Crippen molar-refractivity contribution in [3.8, 4) is 0 Å². The Hall–Kier alpha value is -2.45. The van der Waals surface area contributed by atoms with Crippen LogP contribution in [0, 0.1) is 0 Å². The average molecular weight is 385 g/mol. The van der Waals surface area contributed by atoms with Gasteiger partial charge in [-0.25, -0.2) is 0 Å². The molecule has 1 fully saturated rings. The number of carbonyl (C=O) groups is 1. The number of hydrogen-bond acceptors (Lipinski definition) is 6.